The Balaban J connectivity index is 1.77. The Morgan fingerprint density at radius 1 is 1.24 bits per heavy atom. The quantitative estimate of drug-likeness (QED) is 0.430. The van der Waals surface area contributed by atoms with E-state index in [9.17, 15) is 14.7 Å². The average Bonchev–Trinajstić information content (AvgIpc) is 3.10. The second-order valence-electron chi connectivity index (χ2n) is 8.53. The van der Waals surface area contributed by atoms with Crippen LogP contribution in [0.15, 0.2) is 36.5 Å². The Morgan fingerprint density at radius 3 is 2.58 bits per heavy atom. The number of carbonyl (C=O) groups excluding carboxylic acids is 2. The fourth-order valence-electron chi connectivity index (χ4n) is 4.43. The van der Waals surface area contributed by atoms with E-state index < -0.39 is 0 Å². The van der Waals surface area contributed by atoms with Crippen LogP contribution in [0.2, 0.25) is 0 Å². The molecule has 0 spiro atoms. The Kier molecular flexibility index (Phi) is 6.54. The number of piperidine rings is 1. The van der Waals surface area contributed by atoms with Crippen LogP contribution in [-0.4, -0.2) is 57.0 Å². The Morgan fingerprint density at radius 2 is 1.94 bits per heavy atom. The first-order valence-corrected chi connectivity index (χ1v) is 11.1. The van der Waals surface area contributed by atoms with E-state index in [4.69, 9.17) is 12.3 Å². The van der Waals surface area contributed by atoms with Crippen LogP contribution in [0.3, 0.4) is 0 Å². The van der Waals surface area contributed by atoms with Crippen molar-refractivity contribution in [3.05, 3.63) is 64.8 Å². The number of nitrogens with two attached hydrogens (primary N) is 1. The molecule has 170 valence electrons. The van der Waals surface area contributed by atoms with E-state index in [1.54, 1.807) is 18.3 Å². The van der Waals surface area contributed by atoms with Gasteiger partial charge in [-0.1, -0.05) is 12.1 Å². The lowest BCUT2D eigenvalue weighted by atomic mass is 10.1. The van der Waals surface area contributed by atoms with E-state index in [0.29, 0.717) is 49.1 Å². The lowest BCUT2D eigenvalue weighted by molar-refractivity contribution is -0.117. The van der Waals surface area contributed by atoms with Crippen molar-refractivity contribution in [1.29, 1.82) is 0 Å². The van der Waals surface area contributed by atoms with E-state index in [2.05, 4.69) is 14.7 Å². The second kappa shape index (κ2) is 9.53. The molecular formula is C25H27N5O3. The number of benzene rings is 1. The Labute approximate surface area is 192 Å². The average molecular weight is 446 g/mol. The van der Waals surface area contributed by atoms with Crippen molar-refractivity contribution in [2.75, 3.05) is 19.6 Å². The number of primary amides is 1. The van der Waals surface area contributed by atoms with E-state index in [-0.39, 0.29) is 30.8 Å². The van der Waals surface area contributed by atoms with Gasteiger partial charge >= 0.3 is 0 Å². The van der Waals surface area contributed by atoms with Gasteiger partial charge in [-0.05, 0) is 49.9 Å². The maximum Gasteiger partial charge on any atom is 0.217 e. The summed E-state index contributed by atoms with van der Waals surface area (Å²) in [6.45, 7) is 10.8. The maximum absolute atomic E-state index is 13.4. The van der Waals surface area contributed by atoms with Crippen LogP contribution < -0.4 is 5.73 Å². The number of aliphatic hydroxyl groups excluding tert-OH is 1. The first-order chi connectivity index (χ1) is 15.9. The summed E-state index contributed by atoms with van der Waals surface area (Å²) in [5, 5.41) is 9.76. The van der Waals surface area contributed by atoms with Crippen LogP contribution in [0.4, 0.5) is 5.69 Å². The molecule has 8 nitrogen and oxygen atoms in total. The first kappa shape index (κ1) is 22.6. The molecule has 2 aromatic heterocycles. The van der Waals surface area contributed by atoms with Crippen molar-refractivity contribution < 1.29 is 14.7 Å². The summed E-state index contributed by atoms with van der Waals surface area (Å²) in [4.78, 5) is 34.8. The fraction of sp³-hybridized carbons (Fsp3) is 0.360. The predicted octanol–water partition coefficient (Wildman–Crippen LogP) is 2.94. The summed E-state index contributed by atoms with van der Waals surface area (Å²) in [7, 11) is 0. The monoisotopic (exact) mass is 445 g/mol. The predicted molar refractivity (Wildman–Crippen MR) is 126 cm³/mol. The van der Waals surface area contributed by atoms with E-state index in [0.717, 1.165) is 22.5 Å². The summed E-state index contributed by atoms with van der Waals surface area (Å²) >= 11 is 0. The SMILES string of the molecule is [C-]#[N+]c1ccc(-n2c(C)c(C(=O)CN3CCC(O)CC3)c3ncc(CCC(N)=O)cc32)cc1. The highest BCUT2D eigenvalue weighted by Crippen LogP contribution is 2.30. The largest absolute Gasteiger partial charge is 0.393 e. The third-order valence-corrected chi connectivity index (χ3v) is 6.20. The third-order valence-electron chi connectivity index (χ3n) is 6.20. The molecule has 1 fully saturated rings. The van der Waals surface area contributed by atoms with Gasteiger partial charge in [-0.15, -0.1) is 0 Å². The maximum atomic E-state index is 13.4. The number of pyridine rings is 1. The number of aryl methyl sites for hydroxylation is 1. The zero-order valence-corrected chi connectivity index (χ0v) is 18.6. The standard InChI is InChI=1S/C25H27N5O3/c1-16-24(22(32)15-29-11-9-20(31)10-12-29)25-21(13-17(14-28-25)3-8-23(26)33)30(16)19-6-4-18(27-2)5-7-19/h4-7,13-14,20,31H,3,8-12,15H2,1H3,(H2,26,33). The second-order valence-corrected chi connectivity index (χ2v) is 8.53. The molecule has 0 atom stereocenters. The Bertz CT molecular complexity index is 1230. The van der Waals surface area contributed by atoms with Gasteiger partial charge in [0.1, 0.15) is 0 Å². The molecular weight excluding hydrogens is 418 g/mol. The number of hydrogen-bond donors (Lipinski definition) is 2. The van der Waals surface area contributed by atoms with Gasteiger partial charge in [-0.2, -0.15) is 0 Å². The van der Waals surface area contributed by atoms with Gasteiger partial charge in [-0.3, -0.25) is 19.5 Å². The molecule has 3 heterocycles. The molecule has 0 bridgehead atoms. The smallest absolute Gasteiger partial charge is 0.217 e. The molecule has 3 aromatic rings. The summed E-state index contributed by atoms with van der Waals surface area (Å²) in [6, 6.07) is 9.17. The number of amides is 1. The Hall–Kier alpha value is -3.54. The van der Waals surface area contributed by atoms with Crippen molar-refractivity contribution in [3.63, 3.8) is 0 Å². The molecule has 1 amide bonds. The van der Waals surface area contributed by atoms with Crippen LogP contribution in [0.1, 0.15) is 40.9 Å². The molecule has 0 radical (unpaired) electrons. The summed E-state index contributed by atoms with van der Waals surface area (Å²) in [5.74, 6) is -0.387. The van der Waals surface area contributed by atoms with E-state index in [1.807, 2.05) is 29.7 Å². The van der Waals surface area contributed by atoms with Gasteiger partial charge in [0.05, 0.1) is 35.8 Å². The number of hydrogen-bond acceptors (Lipinski definition) is 5. The molecule has 4 rings (SSSR count). The van der Waals surface area contributed by atoms with Crippen LogP contribution in [0, 0.1) is 13.5 Å². The van der Waals surface area contributed by atoms with Crippen LogP contribution in [0.5, 0.6) is 0 Å². The zero-order valence-electron chi connectivity index (χ0n) is 18.6. The highest BCUT2D eigenvalue weighted by Gasteiger charge is 2.25. The van der Waals surface area contributed by atoms with Crippen LogP contribution in [0.25, 0.3) is 21.6 Å². The topological polar surface area (TPSA) is 106 Å². The van der Waals surface area contributed by atoms with Crippen molar-refractivity contribution >= 4 is 28.4 Å². The van der Waals surface area contributed by atoms with E-state index >= 15 is 0 Å². The van der Waals surface area contributed by atoms with Crippen molar-refractivity contribution in [3.8, 4) is 5.69 Å². The van der Waals surface area contributed by atoms with Crippen molar-refractivity contribution in [2.45, 2.75) is 38.7 Å². The van der Waals surface area contributed by atoms with E-state index in [1.165, 1.54) is 0 Å². The third kappa shape index (κ3) is 4.80. The number of aliphatic hydroxyl groups is 1. The molecule has 8 heteroatoms. The molecule has 33 heavy (non-hydrogen) atoms. The number of likely N-dealkylation sites (tertiary alicyclic amines) is 1. The minimum atomic E-state index is -0.376. The molecule has 1 saturated heterocycles. The number of rotatable bonds is 7. The molecule has 1 aromatic carbocycles. The van der Waals surface area contributed by atoms with Crippen LogP contribution >= 0.6 is 0 Å². The highest BCUT2D eigenvalue weighted by atomic mass is 16.3. The van der Waals surface area contributed by atoms with Gasteiger partial charge in [0.25, 0.3) is 0 Å². The minimum Gasteiger partial charge on any atom is -0.393 e. The van der Waals surface area contributed by atoms with Gasteiger partial charge < -0.3 is 15.4 Å². The molecule has 0 aliphatic carbocycles. The zero-order chi connectivity index (χ0) is 23.5. The molecule has 0 unspecified atom stereocenters. The summed E-state index contributed by atoms with van der Waals surface area (Å²) < 4.78 is 1.98. The molecule has 1 aliphatic rings. The lowest BCUT2D eigenvalue weighted by Gasteiger charge is -2.28. The summed E-state index contributed by atoms with van der Waals surface area (Å²) in [5.41, 5.74) is 10.3. The number of nitrogens with zero attached hydrogens (tertiary/aromatic N) is 4. The van der Waals surface area contributed by atoms with Gasteiger partial charge in [0, 0.05) is 37.1 Å². The lowest BCUT2D eigenvalue weighted by Crippen LogP contribution is -2.39. The number of carbonyl (C=O) groups is 2. The first-order valence-electron chi connectivity index (χ1n) is 11.1. The highest BCUT2D eigenvalue weighted by molar-refractivity contribution is 6.09. The number of Topliss-reactive ketones (excluding diaryl/α,β-unsaturated/α-hetero) is 1. The minimum absolute atomic E-state index is 0.0113. The normalized spacial score (nSPS) is 14.9. The van der Waals surface area contributed by atoms with Gasteiger partial charge in [0.15, 0.2) is 11.5 Å². The number of aromatic nitrogens is 2. The summed E-state index contributed by atoms with van der Waals surface area (Å²) in [6.07, 6.45) is 3.44. The molecule has 1 aliphatic heterocycles. The van der Waals surface area contributed by atoms with Gasteiger partial charge in [0.2, 0.25) is 5.91 Å². The van der Waals surface area contributed by atoms with Crippen LogP contribution in [-0.2, 0) is 11.2 Å². The number of fused-ring (bicyclic) bond motifs is 1. The molecule has 3 N–H and O–H groups in total. The van der Waals surface area contributed by atoms with Gasteiger partial charge in [-0.25, -0.2) is 4.85 Å². The fourth-order valence-corrected chi connectivity index (χ4v) is 4.43. The van der Waals surface area contributed by atoms with Crippen molar-refractivity contribution in [1.82, 2.24) is 14.5 Å². The van der Waals surface area contributed by atoms with Crippen molar-refractivity contribution in [2.24, 2.45) is 5.73 Å². The number of ketones is 1. The molecule has 0 saturated carbocycles.